The second kappa shape index (κ2) is 5.90. The summed E-state index contributed by atoms with van der Waals surface area (Å²) in [5.41, 5.74) is 1.00. The standard InChI is InChI=1S/C13H19NO4S/c1-2-18-11-5-3-4-10(6-11)7-14-12-8-19(16,17)9-13(12)15/h3-6,12-15H,2,7-9H2,1H3. The van der Waals surface area contributed by atoms with E-state index in [4.69, 9.17) is 4.74 Å². The number of hydrogen-bond donors (Lipinski definition) is 2. The highest BCUT2D eigenvalue weighted by Crippen LogP contribution is 2.16. The smallest absolute Gasteiger partial charge is 0.154 e. The van der Waals surface area contributed by atoms with Gasteiger partial charge in [-0.1, -0.05) is 12.1 Å². The molecule has 1 aromatic carbocycles. The molecule has 1 saturated heterocycles. The molecule has 1 aliphatic heterocycles. The van der Waals surface area contributed by atoms with Crippen molar-refractivity contribution in [3.8, 4) is 5.75 Å². The first-order chi connectivity index (χ1) is 9.00. The van der Waals surface area contributed by atoms with Crippen LogP contribution in [0.4, 0.5) is 0 Å². The van der Waals surface area contributed by atoms with Crippen LogP contribution in [0.5, 0.6) is 5.75 Å². The second-order valence-electron chi connectivity index (χ2n) is 4.71. The summed E-state index contributed by atoms with van der Waals surface area (Å²) in [5, 5.41) is 12.8. The van der Waals surface area contributed by atoms with Crippen molar-refractivity contribution in [3.05, 3.63) is 29.8 Å². The van der Waals surface area contributed by atoms with Gasteiger partial charge >= 0.3 is 0 Å². The largest absolute Gasteiger partial charge is 0.494 e. The van der Waals surface area contributed by atoms with Crippen LogP contribution in [-0.4, -0.2) is 43.8 Å². The lowest BCUT2D eigenvalue weighted by molar-refractivity contribution is 0.165. The van der Waals surface area contributed by atoms with Crippen molar-refractivity contribution in [2.45, 2.75) is 25.6 Å². The summed E-state index contributed by atoms with van der Waals surface area (Å²) in [6.45, 7) is 3.04. The van der Waals surface area contributed by atoms with Gasteiger partial charge in [-0.3, -0.25) is 0 Å². The van der Waals surface area contributed by atoms with Gasteiger partial charge in [0.05, 0.1) is 24.2 Å². The Morgan fingerprint density at radius 2 is 2.21 bits per heavy atom. The molecule has 1 aliphatic rings. The Balaban J connectivity index is 1.94. The normalized spacial score (nSPS) is 25.4. The van der Waals surface area contributed by atoms with E-state index < -0.39 is 15.9 Å². The van der Waals surface area contributed by atoms with Gasteiger partial charge in [-0.15, -0.1) is 0 Å². The van der Waals surface area contributed by atoms with E-state index in [1.807, 2.05) is 31.2 Å². The monoisotopic (exact) mass is 285 g/mol. The van der Waals surface area contributed by atoms with Crippen LogP contribution in [0.3, 0.4) is 0 Å². The molecule has 2 rings (SSSR count). The Morgan fingerprint density at radius 3 is 2.84 bits per heavy atom. The van der Waals surface area contributed by atoms with Crippen LogP contribution >= 0.6 is 0 Å². The van der Waals surface area contributed by atoms with Crippen molar-refractivity contribution < 1.29 is 18.3 Å². The summed E-state index contributed by atoms with van der Waals surface area (Å²) in [5.74, 6) is 0.643. The van der Waals surface area contributed by atoms with Gasteiger partial charge in [0.2, 0.25) is 0 Å². The molecule has 2 unspecified atom stereocenters. The number of aliphatic hydroxyl groups excluding tert-OH is 1. The lowest BCUT2D eigenvalue weighted by Crippen LogP contribution is -2.38. The lowest BCUT2D eigenvalue weighted by Gasteiger charge is -2.15. The molecule has 0 saturated carbocycles. The minimum absolute atomic E-state index is 0.000677. The molecule has 5 nitrogen and oxygen atoms in total. The Bertz CT molecular complexity index is 529. The molecule has 0 radical (unpaired) electrons. The summed E-state index contributed by atoms with van der Waals surface area (Å²) in [6.07, 6.45) is -0.819. The van der Waals surface area contributed by atoms with Crippen molar-refractivity contribution in [2.24, 2.45) is 0 Å². The molecule has 2 atom stereocenters. The minimum Gasteiger partial charge on any atom is -0.494 e. The van der Waals surface area contributed by atoms with E-state index in [1.165, 1.54) is 0 Å². The molecule has 0 aromatic heterocycles. The van der Waals surface area contributed by atoms with Crippen molar-refractivity contribution in [1.82, 2.24) is 5.32 Å². The third kappa shape index (κ3) is 3.92. The maximum Gasteiger partial charge on any atom is 0.154 e. The van der Waals surface area contributed by atoms with Gasteiger partial charge in [0.25, 0.3) is 0 Å². The van der Waals surface area contributed by atoms with Crippen LogP contribution in [0.2, 0.25) is 0 Å². The van der Waals surface area contributed by atoms with Gasteiger partial charge in [0, 0.05) is 12.6 Å². The van der Waals surface area contributed by atoms with Crippen LogP contribution in [0.15, 0.2) is 24.3 Å². The Hall–Kier alpha value is -1.11. The van der Waals surface area contributed by atoms with Crippen LogP contribution in [-0.2, 0) is 16.4 Å². The molecule has 0 bridgehead atoms. The first-order valence-corrected chi connectivity index (χ1v) is 8.16. The number of benzene rings is 1. The molecule has 106 valence electrons. The number of hydrogen-bond acceptors (Lipinski definition) is 5. The fourth-order valence-electron chi connectivity index (χ4n) is 2.18. The number of aliphatic hydroxyl groups is 1. The van der Waals surface area contributed by atoms with Crippen LogP contribution < -0.4 is 10.1 Å². The van der Waals surface area contributed by atoms with Gasteiger partial charge in [0.15, 0.2) is 9.84 Å². The first-order valence-electron chi connectivity index (χ1n) is 6.34. The SMILES string of the molecule is CCOc1cccc(CNC2CS(=O)(=O)CC2O)c1. The van der Waals surface area contributed by atoms with Gasteiger partial charge in [0.1, 0.15) is 5.75 Å². The molecular weight excluding hydrogens is 266 g/mol. The van der Waals surface area contributed by atoms with E-state index in [0.717, 1.165) is 11.3 Å². The molecule has 19 heavy (non-hydrogen) atoms. The highest BCUT2D eigenvalue weighted by molar-refractivity contribution is 7.91. The van der Waals surface area contributed by atoms with Gasteiger partial charge in [-0.05, 0) is 24.6 Å². The average Bonchev–Trinajstić information content (AvgIpc) is 2.61. The molecule has 1 heterocycles. The third-order valence-corrected chi connectivity index (χ3v) is 4.82. The molecular formula is C13H19NO4S. The van der Waals surface area contributed by atoms with Gasteiger partial charge in [-0.25, -0.2) is 8.42 Å². The summed E-state index contributed by atoms with van der Waals surface area (Å²) in [6, 6.07) is 7.23. The Labute approximate surface area is 113 Å². The molecule has 6 heteroatoms. The third-order valence-electron chi connectivity index (χ3n) is 3.10. The zero-order valence-corrected chi connectivity index (χ0v) is 11.7. The van der Waals surface area contributed by atoms with Crippen LogP contribution in [0.25, 0.3) is 0 Å². The zero-order chi connectivity index (χ0) is 13.9. The second-order valence-corrected chi connectivity index (χ2v) is 6.87. The predicted octanol–water partition coefficient (Wildman–Crippen LogP) is 0.333. The topological polar surface area (TPSA) is 75.6 Å². The maximum absolute atomic E-state index is 11.4. The molecule has 2 N–H and O–H groups in total. The highest BCUT2D eigenvalue weighted by Gasteiger charge is 2.35. The van der Waals surface area contributed by atoms with E-state index in [-0.39, 0.29) is 17.5 Å². The van der Waals surface area contributed by atoms with E-state index >= 15 is 0 Å². The summed E-state index contributed by atoms with van der Waals surface area (Å²) in [4.78, 5) is 0. The zero-order valence-electron chi connectivity index (χ0n) is 10.9. The molecule has 1 fully saturated rings. The van der Waals surface area contributed by atoms with Crippen molar-refractivity contribution in [3.63, 3.8) is 0 Å². The summed E-state index contributed by atoms with van der Waals surface area (Å²) in [7, 11) is -3.10. The van der Waals surface area contributed by atoms with E-state index in [9.17, 15) is 13.5 Å². The fourth-order valence-corrected chi connectivity index (χ4v) is 3.96. The highest BCUT2D eigenvalue weighted by atomic mass is 32.2. The summed E-state index contributed by atoms with van der Waals surface area (Å²) < 4.78 is 28.2. The average molecular weight is 285 g/mol. The van der Waals surface area contributed by atoms with Crippen LogP contribution in [0, 0.1) is 0 Å². The van der Waals surface area contributed by atoms with Crippen molar-refractivity contribution in [1.29, 1.82) is 0 Å². The number of nitrogens with one attached hydrogen (secondary N) is 1. The maximum atomic E-state index is 11.4. The molecule has 0 spiro atoms. The minimum atomic E-state index is -3.10. The number of rotatable bonds is 5. The van der Waals surface area contributed by atoms with E-state index in [1.54, 1.807) is 0 Å². The first kappa shape index (κ1) is 14.3. The molecule has 0 aliphatic carbocycles. The Kier molecular flexibility index (Phi) is 4.44. The van der Waals surface area contributed by atoms with Crippen molar-refractivity contribution in [2.75, 3.05) is 18.1 Å². The fraction of sp³-hybridized carbons (Fsp3) is 0.538. The molecule has 0 amide bonds. The molecule has 1 aromatic rings. The number of ether oxygens (including phenoxy) is 1. The van der Waals surface area contributed by atoms with E-state index in [2.05, 4.69) is 5.32 Å². The van der Waals surface area contributed by atoms with Gasteiger partial charge in [-0.2, -0.15) is 0 Å². The van der Waals surface area contributed by atoms with Crippen molar-refractivity contribution >= 4 is 9.84 Å². The van der Waals surface area contributed by atoms with E-state index in [0.29, 0.717) is 13.2 Å². The Morgan fingerprint density at radius 1 is 1.42 bits per heavy atom. The van der Waals surface area contributed by atoms with Crippen LogP contribution in [0.1, 0.15) is 12.5 Å². The predicted molar refractivity (Wildman–Crippen MR) is 72.9 cm³/mol. The summed E-state index contributed by atoms with van der Waals surface area (Å²) >= 11 is 0. The lowest BCUT2D eigenvalue weighted by atomic mass is 10.1. The van der Waals surface area contributed by atoms with Gasteiger partial charge < -0.3 is 15.2 Å². The quantitative estimate of drug-likeness (QED) is 0.815. The number of sulfone groups is 1.